The van der Waals surface area contributed by atoms with Crippen molar-refractivity contribution < 1.29 is 24.5 Å². The number of carbonyl (C=O) groups is 2. The molecule has 0 fully saturated rings. The molecule has 2 rings (SSSR count). The van der Waals surface area contributed by atoms with Gasteiger partial charge in [0.15, 0.2) is 5.69 Å². The van der Waals surface area contributed by atoms with Gasteiger partial charge in [-0.3, -0.25) is 4.68 Å². The molecular formula is C13H12N2O5. The van der Waals surface area contributed by atoms with E-state index in [1.807, 2.05) is 0 Å². The van der Waals surface area contributed by atoms with Crippen LogP contribution in [0.5, 0.6) is 11.5 Å². The van der Waals surface area contributed by atoms with Crippen LogP contribution in [0.4, 0.5) is 0 Å². The van der Waals surface area contributed by atoms with E-state index in [1.54, 1.807) is 6.92 Å². The average Bonchev–Trinajstić information content (AvgIpc) is 2.86. The number of aromatic hydroxyl groups is 1. The number of esters is 1. The molecule has 1 aromatic heterocycles. The number of carbonyl (C=O) groups excluding carboxylic acids is 1. The number of ether oxygens (including phenoxy) is 1. The quantitative estimate of drug-likeness (QED) is 0.648. The summed E-state index contributed by atoms with van der Waals surface area (Å²) in [7, 11) is 0. The molecule has 2 N–H and O–H groups in total. The molecule has 0 aliphatic rings. The third-order valence-corrected chi connectivity index (χ3v) is 2.56. The average molecular weight is 276 g/mol. The molecule has 0 spiro atoms. The zero-order chi connectivity index (χ0) is 14.7. The molecule has 0 unspecified atom stereocenters. The fourth-order valence-corrected chi connectivity index (χ4v) is 1.60. The Labute approximate surface area is 114 Å². The lowest BCUT2D eigenvalue weighted by molar-refractivity contribution is 0.0681. The van der Waals surface area contributed by atoms with Crippen LogP contribution in [0.15, 0.2) is 30.3 Å². The molecule has 0 atom stereocenters. The van der Waals surface area contributed by atoms with Crippen LogP contribution in [0.1, 0.15) is 27.9 Å². The van der Waals surface area contributed by atoms with Gasteiger partial charge in [0, 0.05) is 12.6 Å². The van der Waals surface area contributed by atoms with E-state index < -0.39 is 11.9 Å². The van der Waals surface area contributed by atoms with Gasteiger partial charge in [0.1, 0.15) is 17.2 Å². The normalized spacial score (nSPS) is 10.2. The maximum atomic E-state index is 11.8. The lowest BCUT2D eigenvalue weighted by atomic mass is 10.3. The SMILES string of the molecule is CCn1nc(C(=O)Oc2ccc(O)cc2)cc1C(=O)O. The molecule has 0 radical (unpaired) electrons. The van der Waals surface area contributed by atoms with Crippen molar-refractivity contribution in [3.63, 3.8) is 0 Å². The number of phenolic OH excluding ortho intramolecular Hbond substituents is 1. The standard InChI is InChI=1S/C13H12N2O5/c1-2-15-11(12(17)18)7-10(14-15)13(19)20-9-5-3-8(16)4-6-9/h3-7,16H,2H2,1H3,(H,17,18). The Morgan fingerprint density at radius 3 is 2.45 bits per heavy atom. The molecule has 0 bridgehead atoms. The number of aromatic nitrogens is 2. The summed E-state index contributed by atoms with van der Waals surface area (Å²) in [4.78, 5) is 22.8. The molecule has 0 saturated carbocycles. The van der Waals surface area contributed by atoms with Crippen LogP contribution in [-0.4, -0.2) is 31.9 Å². The number of hydrogen-bond acceptors (Lipinski definition) is 5. The van der Waals surface area contributed by atoms with Crippen molar-refractivity contribution in [3.8, 4) is 11.5 Å². The number of phenols is 1. The van der Waals surface area contributed by atoms with Crippen molar-refractivity contribution in [2.75, 3.05) is 0 Å². The first-order valence-corrected chi connectivity index (χ1v) is 5.83. The van der Waals surface area contributed by atoms with Gasteiger partial charge < -0.3 is 14.9 Å². The minimum absolute atomic E-state index is 0.0493. The van der Waals surface area contributed by atoms with Gasteiger partial charge >= 0.3 is 11.9 Å². The minimum atomic E-state index is -1.16. The summed E-state index contributed by atoms with van der Waals surface area (Å²) in [6.07, 6.45) is 0. The largest absolute Gasteiger partial charge is 0.508 e. The highest BCUT2D eigenvalue weighted by Gasteiger charge is 2.19. The molecule has 0 aliphatic carbocycles. The van der Waals surface area contributed by atoms with Gasteiger partial charge in [0.2, 0.25) is 0 Å². The maximum Gasteiger partial charge on any atom is 0.364 e. The highest BCUT2D eigenvalue weighted by Crippen LogP contribution is 2.17. The molecule has 0 saturated heterocycles. The summed E-state index contributed by atoms with van der Waals surface area (Å²) in [6.45, 7) is 2.04. The molecule has 0 amide bonds. The minimum Gasteiger partial charge on any atom is -0.508 e. The number of carboxylic acids is 1. The lowest BCUT2D eigenvalue weighted by Crippen LogP contribution is -2.11. The van der Waals surface area contributed by atoms with Crippen LogP contribution in [-0.2, 0) is 6.54 Å². The van der Waals surface area contributed by atoms with Crippen LogP contribution in [0.25, 0.3) is 0 Å². The van der Waals surface area contributed by atoms with Crippen molar-refractivity contribution in [2.45, 2.75) is 13.5 Å². The molecule has 1 aromatic carbocycles. The Morgan fingerprint density at radius 2 is 1.95 bits per heavy atom. The highest BCUT2D eigenvalue weighted by atomic mass is 16.5. The number of aromatic carboxylic acids is 1. The van der Waals surface area contributed by atoms with E-state index in [-0.39, 0.29) is 22.9 Å². The predicted octanol–water partition coefficient (Wildman–Crippen LogP) is 1.53. The maximum absolute atomic E-state index is 11.8. The first-order chi connectivity index (χ1) is 9.51. The van der Waals surface area contributed by atoms with E-state index >= 15 is 0 Å². The Bertz CT molecular complexity index is 645. The lowest BCUT2D eigenvalue weighted by Gasteiger charge is -2.01. The van der Waals surface area contributed by atoms with E-state index in [0.717, 1.165) is 6.07 Å². The van der Waals surface area contributed by atoms with Gasteiger partial charge in [-0.1, -0.05) is 0 Å². The van der Waals surface area contributed by atoms with Crippen LogP contribution < -0.4 is 4.74 Å². The number of hydrogen-bond donors (Lipinski definition) is 2. The fourth-order valence-electron chi connectivity index (χ4n) is 1.60. The molecule has 20 heavy (non-hydrogen) atoms. The molecule has 7 nitrogen and oxygen atoms in total. The molecule has 1 heterocycles. The summed E-state index contributed by atoms with van der Waals surface area (Å²) in [6, 6.07) is 6.74. The van der Waals surface area contributed by atoms with Crippen molar-refractivity contribution in [1.29, 1.82) is 0 Å². The number of benzene rings is 1. The first-order valence-electron chi connectivity index (χ1n) is 5.83. The van der Waals surface area contributed by atoms with Crippen LogP contribution in [0, 0.1) is 0 Å². The van der Waals surface area contributed by atoms with Crippen LogP contribution in [0.2, 0.25) is 0 Å². The fraction of sp³-hybridized carbons (Fsp3) is 0.154. The summed E-state index contributed by atoms with van der Waals surface area (Å²) in [5.41, 5.74) is -0.164. The topological polar surface area (TPSA) is 102 Å². The van der Waals surface area contributed by atoms with Gasteiger partial charge in [0.05, 0.1) is 0 Å². The van der Waals surface area contributed by atoms with Crippen molar-refractivity contribution in [3.05, 3.63) is 41.7 Å². The van der Waals surface area contributed by atoms with E-state index in [0.29, 0.717) is 6.54 Å². The number of rotatable bonds is 4. The van der Waals surface area contributed by atoms with E-state index in [2.05, 4.69) is 5.10 Å². The Kier molecular flexibility index (Phi) is 3.69. The second kappa shape index (κ2) is 5.43. The monoisotopic (exact) mass is 276 g/mol. The molecule has 7 heteroatoms. The van der Waals surface area contributed by atoms with Crippen LogP contribution in [0.3, 0.4) is 0 Å². The van der Waals surface area contributed by atoms with Gasteiger partial charge in [-0.25, -0.2) is 9.59 Å². The highest BCUT2D eigenvalue weighted by molar-refractivity contribution is 5.93. The van der Waals surface area contributed by atoms with E-state index in [9.17, 15) is 9.59 Å². The number of aryl methyl sites for hydroxylation is 1. The molecular weight excluding hydrogens is 264 g/mol. The summed E-state index contributed by atoms with van der Waals surface area (Å²) < 4.78 is 6.23. The summed E-state index contributed by atoms with van der Waals surface area (Å²) in [5, 5.41) is 22.0. The molecule has 2 aromatic rings. The summed E-state index contributed by atoms with van der Waals surface area (Å²) >= 11 is 0. The smallest absolute Gasteiger partial charge is 0.364 e. The zero-order valence-corrected chi connectivity index (χ0v) is 10.6. The van der Waals surface area contributed by atoms with Gasteiger partial charge in [-0.05, 0) is 31.2 Å². The van der Waals surface area contributed by atoms with Gasteiger partial charge in [-0.15, -0.1) is 0 Å². The van der Waals surface area contributed by atoms with Crippen molar-refractivity contribution in [1.82, 2.24) is 9.78 Å². The van der Waals surface area contributed by atoms with Gasteiger partial charge in [0.25, 0.3) is 0 Å². The second-order valence-electron chi connectivity index (χ2n) is 3.92. The Hall–Kier alpha value is -2.83. The summed E-state index contributed by atoms with van der Waals surface area (Å²) in [5.74, 6) is -1.64. The van der Waals surface area contributed by atoms with Crippen molar-refractivity contribution >= 4 is 11.9 Å². The Morgan fingerprint density at radius 1 is 1.30 bits per heavy atom. The number of carboxylic acid groups (broad SMARTS) is 1. The van der Waals surface area contributed by atoms with Gasteiger partial charge in [-0.2, -0.15) is 5.10 Å². The zero-order valence-electron chi connectivity index (χ0n) is 10.6. The first kappa shape index (κ1) is 13.6. The third-order valence-electron chi connectivity index (χ3n) is 2.56. The van der Waals surface area contributed by atoms with Crippen LogP contribution >= 0.6 is 0 Å². The Balaban J connectivity index is 2.21. The van der Waals surface area contributed by atoms with E-state index in [4.69, 9.17) is 14.9 Å². The second-order valence-corrected chi connectivity index (χ2v) is 3.92. The van der Waals surface area contributed by atoms with Crippen molar-refractivity contribution in [2.24, 2.45) is 0 Å². The molecule has 0 aliphatic heterocycles. The van der Waals surface area contributed by atoms with E-state index in [1.165, 1.54) is 28.9 Å². The number of nitrogens with zero attached hydrogens (tertiary/aromatic N) is 2. The third kappa shape index (κ3) is 2.77. The predicted molar refractivity (Wildman–Crippen MR) is 67.9 cm³/mol. The molecule has 104 valence electrons.